The van der Waals surface area contributed by atoms with Gasteiger partial charge in [0.15, 0.2) is 11.2 Å². The number of anilines is 6. The smallest absolute Gasteiger partial charge is 0.160 e. The summed E-state index contributed by atoms with van der Waals surface area (Å²) in [7, 11) is 0. The van der Waals surface area contributed by atoms with Gasteiger partial charge in [-0.2, -0.15) is 0 Å². The van der Waals surface area contributed by atoms with Crippen LogP contribution in [0.2, 0.25) is 0 Å². The minimum atomic E-state index is 0.848. The Hall–Kier alpha value is -8.02. The molecule has 0 fully saturated rings. The first-order chi connectivity index (χ1) is 30.9. The van der Waals surface area contributed by atoms with Crippen LogP contribution < -0.4 is 9.80 Å². The molecule has 5 heteroatoms. The molecule has 0 saturated carbocycles. The molecule has 13 aromatic rings. The van der Waals surface area contributed by atoms with Crippen LogP contribution in [-0.2, 0) is 0 Å². The maximum atomic E-state index is 7.08. The van der Waals surface area contributed by atoms with Crippen LogP contribution in [0.15, 0.2) is 185 Å². The van der Waals surface area contributed by atoms with E-state index < -0.39 is 0 Å². The zero-order valence-electron chi connectivity index (χ0n) is 35.4. The summed E-state index contributed by atoms with van der Waals surface area (Å²) in [5.74, 6) is 0. The van der Waals surface area contributed by atoms with Crippen molar-refractivity contribution in [2.24, 2.45) is 0 Å². The van der Waals surface area contributed by atoms with E-state index in [1.165, 1.54) is 22.3 Å². The largest absolute Gasteiger partial charge is 0.454 e. The molecule has 5 nitrogen and oxygen atoms in total. The molecule has 0 amide bonds. The minimum absolute atomic E-state index is 0.848. The number of hydrogen-bond donors (Lipinski definition) is 0. The van der Waals surface area contributed by atoms with Gasteiger partial charge in [0.05, 0.1) is 16.9 Å². The normalized spacial score (nSPS) is 12.1. The molecule has 9 aromatic carbocycles. The molecular weight excluding hydrogens is 771 g/mol. The van der Waals surface area contributed by atoms with E-state index in [9.17, 15) is 0 Å². The second kappa shape index (κ2) is 13.2. The van der Waals surface area contributed by atoms with Gasteiger partial charge in [0.2, 0.25) is 0 Å². The van der Waals surface area contributed by atoms with Gasteiger partial charge in [-0.1, -0.05) is 125 Å². The molecule has 13 rings (SSSR count). The van der Waals surface area contributed by atoms with Gasteiger partial charge in [-0.25, -0.2) is 0 Å². The Morgan fingerprint density at radius 1 is 0.333 bits per heavy atom. The molecule has 0 spiro atoms. The van der Waals surface area contributed by atoms with Crippen LogP contribution in [-0.4, -0.2) is 4.40 Å². The second-order valence-corrected chi connectivity index (χ2v) is 17.2. The van der Waals surface area contributed by atoms with Crippen molar-refractivity contribution in [3.8, 4) is 0 Å². The van der Waals surface area contributed by atoms with Crippen molar-refractivity contribution in [1.82, 2.24) is 4.40 Å². The van der Waals surface area contributed by atoms with Crippen LogP contribution >= 0.6 is 0 Å². The summed E-state index contributed by atoms with van der Waals surface area (Å²) in [6, 6.07) is 63.9. The van der Waals surface area contributed by atoms with Crippen molar-refractivity contribution in [3.63, 3.8) is 0 Å². The molecule has 0 aliphatic rings. The molecule has 0 bridgehead atoms. The zero-order valence-corrected chi connectivity index (χ0v) is 35.4. The van der Waals surface area contributed by atoms with Crippen molar-refractivity contribution in [2.75, 3.05) is 9.80 Å². The Kier molecular flexibility index (Phi) is 7.50. The SMILES string of the molecule is Cc1ccc(N(c2ccc(C)cc2)c2cc3c4ccccc4oc3c3c2c2cccc4c5c(N(c6ccc(C)cc6)c6ccc(C)cc6)cc6c7ccccc7oc6c5n3c24)cc1. The van der Waals surface area contributed by atoms with E-state index in [4.69, 9.17) is 8.83 Å². The Morgan fingerprint density at radius 2 is 0.667 bits per heavy atom. The van der Waals surface area contributed by atoms with Gasteiger partial charge in [0.25, 0.3) is 0 Å². The third-order valence-electron chi connectivity index (χ3n) is 13.1. The molecule has 0 saturated heterocycles. The fraction of sp³-hybridized carbons (Fsp3) is 0.0690. The number of furan rings is 2. The number of para-hydroxylation sites is 3. The first-order valence-electron chi connectivity index (χ1n) is 21.7. The highest BCUT2D eigenvalue weighted by atomic mass is 16.3. The van der Waals surface area contributed by atoms with Crippen LogP contribution in [0.1, 0.15) is 22.3 Å². The van der Waals surface area contributed by atoms with E-state index in [1.807, 2.05) is 0 Å². The number of fused-ring (bicyclic) bond motifs is 14. The number of rotatable bonds is 6. The van der Waals surface area contributed by atoms with Gasteiger partial charge in [-0.05, 0) is 100 Å². The lowest BCUT2D eigenvalue weighted by Crippen LogP contribution is -2.11. The van der Waals surface area contributed by atoms with Crippen molar-refractivity contribution in [1.29, 1.82) is 0 Å². The maximum absolute atomic E-state index is 7.08. The summed E-state index contributed by atoms with van der Waals surface area (Å²) in [5.41, 5.74) is 17.9. The fourth-order valence-corrected chi connectivity index (χ4v) is 10.1. The van der Waals surface area contributed by atoms with E-state index in [2.05, 4.69) is 218 Å². The van der Waals surface area contributed by atoms with Gasteiger partial charge in [0.1, 0.15) is 22.2 Å². The first kappa shape index (κ1) is 35.7. The zero-order chi connectivity index (χ0) is 42.1. The Bertz CT molecular complexity index is 3580. The molecule has 4 aromatic heterocycles. The summed E-state index contributed by atoms with van der Waals surface area (Å²) in [5, 5.41) is 8.80. The average molecular weight is 812 g/mol. The third kappa shape index (κ3) is 5.17. The maximum Gasteiger partial charge on any atom is 0.160 e. The fourth-order valence-electron chi connectivity index (χ4n) is 10.1. The van der Waals surface area contributed by atoms with Crippen LogP contribution in [0.25, 0.3) is 82.0 Å². The highest BCUT2D eigenvalue weighted by Gasteiger charge is 2.31. The average Bonchev–Trinajstić information content (AvgIpc) is 4.06. The number of nitrogens with zero attached hydrogens (tertiary/aromatic N) is 3. The Morgan fingerprint density at radius 3 is 1.03 bits per heavy atom. The van der Waals surface area contributed by atoms with Crippen LogP contribution in [0.5, 0.6) is 0 Å². The molecule has 0 radical (unpaired) electrons. The Balaban J connectivity index is 1.27. The molecule has 0 aliphatic heterocycles. The van der Waals surface area contributed by atoms with Gasteiger partial charge in [-0.15, -0.1) is 0 Å². The van der Waals surface area contributed by atoms with Gasteiger partial charge < -0.3 is 23.0 Å². The molecule has 0 N–H and O–H groups in total. The highest BCUT2D eigenvalue weighted by Crippen LogP contribution is 2.54. The molecular formula is C58H41N3O2. The minimum Gasteiger partial charge on any atom is -0.454 e. The van der Waals surface area contributed by atoms with E-state index in [0.717, 1.165) is 116 Å². The van der Waals surface area contributed by atoms with E-state index in [1.54, 1.807) is 0 Å². The van der Waals surface area contributed by atoms with E-state index in [0.29, 0.717) is 0 Å². The van der Waals surface area contributed by atoms with Crippen LogP contribution in [0.3, 0.4) is 0 Å². The second-order valence-electron chi connectivity index (χ2n) is 17.2. The standard InChI is InChI=1S/C58H41N3O2/c1-34-16-24-38(25-17-34)59(39-26-18-35(2)19-27-39)48-32-46-42-10-5-7-14-50(42)62-57(46)55-52(48)44-12-9-13-45-53-49(60(40-28-20-36(3)21-29-40)41-30-22-37(4)23-31-41)33-47-43-11-6-8-15-51(43)63-58(47)56(53)61(55)54(44)45/h5-33H,1-4H3. The van der Waals surface area contributed by atoms with E-state index >= 15 is 0 Å². The molecule has 0 atom stereocenters. The van der Waals surface area contributed by atoms with Crippen LogP contribution in [0.4, 0.5) is 34.1 Å². The Labute approximate surface area is 363 Å². The van der Waals surface area contributed by atoms with Crippen molar-refractivity contribution in [2.45, 2.75) is 27.7 Å². The quantitative estimate of drug-likeness (QED) is 0.168. The molecule has 300 valence electrons. The molecule has 63 heavy (non-hydrogen) atoms. The van der Waals surface area contributed by atoms with Crippen molar-refractivity contribution < 1.29 is 8.83 Å². The lowest BCUT2D eigenvalue weighted by Gasteiger charge is -2.27. The number of aryl methyl sites for hydroxylation is 4. The number of hydrogen-bond acceptors (Lipinski definition) is 4. The predicted octanol–water partition coefficient (Wildman–Crippen LogP) is 16.8. The topological polar surface area (TPSA) is 37.2 Å². The van der Waals surface area contributed by atoms with Gasteiger partial charge in [0, 0.05) is 65.8 Å². The number of aromatic nitrogens is 1. The van der Waals surface area contributed by atoms with Crippen LogP contribution in [0, 0.1) is 27.7 Å². The highest BCUT2D eigenvalue weighted by molar-refractivity contribution is 6.36. The summed E-state index contributed by atoms with van der Waals surface area (Å²) in [6.45, 7) is 8.58. The molecule has 0 unspecified atom stereocenters. The van der Waals surface area contributed by atoms with Gasteiger partial charge >= 0.3 is 0 Å². The van der Waals surface area contributed by atoms with E-state index in [-0.39, 0.29) is 0 Å². The summed E-state index contributed by atoms with van der Waals surface area (Å²) in [6.07, 6.45) is 0. The first-order valence-corrected chi connectivity index (χ1v) is 21.7. The predicted molar refractivity (Wildman–Crippen MR) is 264 cm³/mol. The summed E-state index contributed by atoms with van der Waals surface area (Å²) in [4.78, 5) is 4.84. The van der Waals surface area contributed by atoms with Crippen molar-refractivity contribution in [3.05, 3.63) is 198 Å². The monoisotopic (exact) mass is 811 g/mol. The third-order valence-corrected chi connectivity index (χ3v) is 13.1. The lowest BCUT2D eigenvalue weighted by atomic mass is 10.0. The molecule has 4 heterocycles. The van der Waals surface area contributed by atoms with Gasteiger partial charge in [-0.3, -0.25) is 0 Å². The summed E-state index contributed by atoms with van der Waals surface area (Å²) < 4.78 is 16.6. The number of benzene rings is 9. The van der Waals surface area contributed by atoms with Crippen molar-refractivity contribution >= 4 is 116 Å². The molecule has 0 aliphatic carbocycles. The summed E-state index contributed by atoms with van der Waals surface area (Å²) >= 11 is 0. The lowest BCUT2D eigenvalue weighted by molar-refractivity contribution is 0.670.